The van der Waals surface area contributed by atoms with E-state index in [1.54, 1.807) is 0 Å². The molecule has 2 atom stereocenters. The maximum Gasteiger partial charge on any atom is 0.435 e. The number of rotatable bonds is 5. The summed E-state index contributed by atoms with van der Waals surface area (Å²) in [5, 5.41) is 3.71. The minimum Gasteiger partial charge on any atom is -0.353 e. The van der Waals surface area contributed by atoms with E-state index in [2.05, 4.69) is 10.00 Å². The van der Waals surface area contributed by atoms with Gasteiger partial charge >= 0.3 is 6.18 Å². The number of ether oxygens (including phenoxy) is 2. The van der Waals surface area contributed by atoms with Crippen LogP contribution in [0.25, 0.3) is 0 Å². The molecule has 8 heteroatoms. The Hall–Kier alpha value is -1.12. The summed E-state index contributed by atoms with van der Waals surface area (Å²) in [6.45, 7) is 3.76. The Morgan fingerprint density at radius 1 is 1.25 bits per heavy atom. The third-order valence-electron chi connectivity index (χ3n) is 4.60. The summed E-state index contributed by atoms with van der Waals surface area (Å²) in [5.41, 5.74) is -0.822. The first-order chi connectivity index (χ1) is 11.5. The van der Waals surface area contributed by atoms with Crippen LogP contribution in [0, 0.1) is 0 Å². The molecule has 0 spiro atoms. The third kappa shape index (κ3) is 4.70. The molecule has 3 heterocycles. The van der Waals surface area contributed by atoms with Gasteiger partial charge in [0.25, 0.3) is 0 Å². The largest absolute Gasteiger partial charge is 0.435 e. The first kappa shape index (κ1) is 17.7. The van der Waals surface area contributed by atoms with Gasteiger partial charge in [-0.1, -0.05) is 0 Å². The van der Waals surface area contributed by atoms with Crippen molar-refractivity contribution in [3.05, 3.63) is 18.0 Å². The molecule has 0 bridgehead atoms. The molecule has 0 aromatic carbocycles. The quantitative estimate of drug-likeness (QED) is 0.821. The topological polar surface area (TPSA) is 39.5 Å². The lowest BCUT2D eigenvalue weighted by atomic mass is 10.1. The van der Waals surface area contributed by atoms with Gasteiger partial charge in [0, 0.05) is 25.9 Å². The highest BCUT2D eigenvalue weighted by Crippen LogP contribution is 2.29. The Bertz CT molecular complexity index is 515. The maximum atomic E-state index is 12.7. The molecule has 0 N–H and O–H groups in total. The van der Waals surface area contributed by atoms with E-state index in [-0.39, 0.29) is 12.3 Å². The van der Waals surface area contributed by atoms with Gasteiger partial charge in [0.1, 0.15) is 0 Å². The standard InChI is InChI=1S/C16H24F3N3O2/c17-16(18,19)14-6-8-22(20-14)13-4-3-7-21(12-13)9-11-24-15-5-1-2-10-23-15/h6,8,13,15H,1-5,7,9-12H2. The van der Waals surface area contributed by atoms with Gasteiger partial charge < -0.3 is 9.47 Å². The van der Waals surface area contributed by atoms with Crippen LogP contribution in [0.3, 0.4) is 0 Å². The van der Waals surface area contributed by atoms with Crippen molar-refractivity contribution in [3.63, 3.8) is 0 Å². The fourth-order valence-corrected chi connectivity index (χ4v) is 3.30. The summed E-state index contributed by atoms with van der Waals surface area (Å²) >= 11 is 0. The van der Waals surface area contributed by atoms with E-state index < -0.39 is 11.9 Å². The summed E-state index contributed by atoms with van der Waals surface area (Å²) in [7, 11) is 0. The van der Waals surface area contributed by atoms with Gasteiger partial charge in [-0.05, 0) is 44.7 Å². The molecule has 0 aliphatic carbocycles. The number of piperidine rings is 1. The molecule has 3 rings (SSSR count). The van der Waals surface area contributed by atoms with E-state index in [4.69, 9.17) is 9.47 Å². The maximum absolute atomic E-state index is 12.7. The lowest BCUT2D eigenvalue weighted by Gasteiger charge is -2.33. The number of hydrogen-bond acceptors (Lipinski definition) is 4. The van der Waals surface area contributed by atoms with Crippen molar-refractivity contribution in [2.75, 3.05) is 32.8 Å². The zero-order chi connectivity index (χ0) is 17.0. The Labute approximate surface area is 139 Å². The van der Waals surface area contributed by atoms with Crippen molar-refractivity contribution in [3.8, 4) is 0 Å². The fourth-order valence-electron chi connectivity index (χ4n) is 3.30. The molecule has 2 fully saturated rings. The predicted octanol–water partition coefficient (Wildman–Crippen LogP) is 3.08. The van der Waals surface area contributed by atoms with Crippen LogP contribution in [-0.2, 0) is 15.7 Å². The van der Waals surface area contributed by atoms with Crippen LogP contribution in [0.1, 0.15) is 43.8 Å². The predicted molar refractivity (Wildman–Crippen MR) is 81.5 cm³/mol. The van der Waals surface area contributed by atoms with Gasteiger partial charge in [0.2, 0.25) is 0 Å². The summed E-state index contributed by atoms with van der Waals surface area (Å²) in [6.07, 6.45) is 1.93. The lowest BCUT2D eigenvalue weighted by molar-refractivity contribution is -0.164. The van der Waals surface area contributed by atoms with Gasteiger partial charge in [-0.15, -0.1) is 0 Å². The van der Waals surface area contributed by atoms with E-state index in [0.717, 1.165) is 57.9 Å². The highest BCUT2D eigenvalue weighted by atomic mass is 19.4. The van der Waals surface area contributed by atoms with E-state index in [9.17, 15) is 13.2 Å². The zero-order valence-electron chi connectivity index (χ0n) is 13.7. The van der Waals surface area contributed by atoms with Crippen LogP contribution in [0.4, 0.5) is 13.2 Å². The average Bonchev–Trinajstić information content (AvgIpc) is 3.07. The second-order valence-corrected chi connectivity index (χ2v) is 6.44. The molecule has 2 aliphatic heterocycles. The summed E-state index contributed by atoms with van der Waals surface area (Å²) in [6, 6.07) is 1.03. The fraction of sp³-hybridized carbons (Fsp3) is 0.812. The summed E-state index contributed by atoms with van der Waals surface area (Å²) in [4.78, 5) is 2.23. The number of likely N-dealkylation sites (tertiary alicyclic amines) is 1. The molecule has 136 valence electrons. The van der Waals surface area contributed by atoms with Crippen LogP contribution < -0.4 is 0 Å². The van der Waals surface area contributed by atoms with E-state index in [1.165, 1.54) is 10.9 Å². The molecule has 0 amide bonds. The van der Waals surface area contributed by atoms with Crippen molar-refractivity contribution >= 4 is 0 Å². The number of halogens is 3. The Morgan fingerprint density at radius 2 is 2.12 bits per heavy atom. The Morgan fingerprint density at radius 3 is 2.83 bits per heavy atom. The molecular weight excluding hydrogens is 323 g/mol. The highest BCUT2D eigenvalue weighted by Gasteiger charge is 2.34. The molecule has 2 unspecified atom stereocenters. The van der Waals surface area contributed by atoms with Gasteiger partial charge in [-0.25, -0.2) is 0 Å². The molecular formula is C16H24F3N3O2. The first-order valence-corrected chi connectivity index (χ1v) is 8.60. The van der Waals surface area contributed by atoms with Crippen molar-refractivity contribution < 1.29 is 22.6 Å². The van der Waals surface area contributed by atoms with E-state index >= 15 is 0 Å². The molecule has 0 radical (unpaired) electrons. The second kappa shape index (κ2) is 7.84. The number of alkyl halides is 3. The van der Waals surface area contributed by atoms with Crippen molar-refractivity contribution in [2.45, 2.75) is 50.6 Å². The van der Waals surface area contributed by atoms with E-state index in [0.29, 0.717) is 13.2 Å². The molecule has 1 aromatic rings. The van der Waals surface area contributed by atoms with Crippen LogP contribution in [0.5, 0.6) is 0 Å². The van der Waals surface area contributed by atoms with Crippen LogP contribution in [-0.4, -0.2) is 53.8 Å². The average molecular weight is 347 g/mol. The van der Waals surface area contributed by atoms with Crippen molar-refractivity contribution in [1.29, 1.82) is 0 Å². The number of hydrogen-bond donors (Lipinski definition) is 0. The van der Waals surface area contributed by atoms with Crippen LogP contribution in [0.15, 0.2) is 12.3 Å². The smallest absolute Gasteiger partial charge is 0.353 e. The van der Waals surface area contributed by atoms with Gasteiger partial charge in [0.05, 0.1) is 12.6 Å². The van der Waals surface area contributed by atoms with Gasteiger partial charge in [-0.3, -0.25) is 9.58 Å². The van der Waals surface area contributed by atoms with Gasteiger partial charge in [-0.2, -0.15) is 18.3 Å². The minimum atomic E-state index is -4.38. The normalized spacial score (nSPS) is 26.6. The Balaban J connectivity index is 1.46. The molecule has 24 heavy (non-hydrogen) atoms. The van der Waals surface area contributed by atoms with Crippen LogP contribution >= 0.6 is 0 Å². The molecule has 2 aliphatic rings. The monoisotopic (exact) mass is 347 g/mol. The molecule has 1 aromatic heterocycles. The molecule has 0 saturated carbocycles. The zero-order valence-corrected chi connectivity index (χ0v) is 13.7. The third-order valence-corrected chi connectivity index (χ3v) is 4.60. The number of nitrogens with zero attached hydrogens (tertiary/aromatic N) is 3. The van der Waals surface area contributed by atoms with E-state index in [1.807, 2.05) is 0 Å². The van der Waals surface area contributed by atoms with Crippen LogP contribution in [0.2, 0.25) is 0 Å². The first-order valence-electron chi connectivity index (χ1n) is 8.60. The Kier molecular flexibility index (Phi) is 5.78. The second-order valence-electron chi connectivity index (χ2n) is 6.44. The molecule has 2 saturated heterocycles. The summed E-state index contributed by atoms with van der Waals surface area (Å²) in [5.74, 6) is 0. The van der Waals surface area contributed by atoms with Gasteiger partial charge in [0.15, 0.2) is 12.0 Å². The summed E-state index contributed by atoms with van der Waals surface area (Å²) < 4.78 is 50.8. The highest BCUT2D eigenvalue weighted by molar-refractivity contribution is 5.04. The SMILES string of the molecule is FC(F)(F)c1ccn(C2CCCN(CCOC3CCCCO3)C2)n1. The van der Waals surface area contributed by atoms with Crippen molar-refractivity contribution in [2.24, 2.45) is 0 Å². The van der Waals surface area contributed by atoms with Crippen molar-refractivity contribution in [1.82, 2.24) is 14.7 Å². The lowest BCUT2D eigenvalue weighted by Crippen LogP contribution is -2.39. The number of aromatic nitrogens is 2. The molecule has 5 nitrogen and oxygen atoms in total. The minimum absolute atomic E-state index is 0.0132.